The molecule has 2 heteroatoms. The molecule has 0 N–H and O–H groups in total. The third-order valence-electron chi connectivity index (χ3n) is 0.785. The van der Waals surface area contributed by atoms with Gasteiger partial charge in [0.05, 0.1) is 0 Å². The molecule has 0 aromatic carbocycles. The Balaban J connectivity index is 2.20. The van der Waals surface area contributed by atoms with Crippen molar-refractivity contribution in [2.75, 3.05) is 7.05 Å². The normalized spacial score (nSPS) is 49.2. The van der Waals surface area contributed by atoms with Gasteiger partial charge in [0.1, 0.15) is 0 Å². The third-order valence-corrected chi connectivity index (χ3v) is 0.785. The first-order valence-corrected chi connectivity index (χ1v) is 1.70. The standard InChI is InChI=1S/C3H7NO/c1-3-4(2)5-3/h3H,1-2H3/t3-,4?/m1/s1. The van der Waals surface area contributed by atoms with Gasteiger partial charge in [-0.1, -0.05) is 0 Å². The zero-order chi connectivity index (χ0) is 3.86. The predicted molar refractivity (Wildman–Crippen MR) is 18.3 cm³/mol. The minimum atomic E-state index is 0.384. The van der Waals surface area contributed by atoms with E-state index in [0.29, 0.717) is 6.23 Å². The van der Waals surface area contributed by atoms with Gasteiger partial charge in [0.2, 0.25) is 0 Å². The van der Waals surface area contributed by atoms with Crippen molar-refractivity contribution in [1.29, 1.82) is 0 Å². The van der Waals surface area contributed by atoms with Crippen LogP contribution in [0.2, 0.25) is 0 Å². The van der Waals surface area contributed by atoms with Gasteiger partial charge in [0.25, 0.3) is 0 Å². The first-order valence-electron chi connectivity index (χ1n) is 1.70. The largest absolute Gasteiger partial charge is 0.276 e. The molecule has 2 atom stereocenters. The van der Waals surface area contributed by atoms with E-state index < -0.39 is 0 Å². The number of rotatable bonds is 0. The topological polar surface area (TPSA) is 15.5 Å². The summed E-state index contributed by atoms with van der Waals surface area (Å²) in [5, 5.41) is 1.79. The van der Waals surface area contributed by atoms with Crippen LogP contribution in [0.3, 0.4) is 0 Å². The molecule has 1 fully saturated rings. The average Bonchev–Trinajstić information content (AvgIpc) is 1.79. The molecule has 1 unspecified atom stereocenters. The lowest BCUT2D eigenvalue weighted by molar-refractivity contribution is 0.234. The van der Waals surface area contributed by atoms with Crippen LogP contribution in [-0.4, -0.2) is 18.3 Å². The van der Waals surface area contributed by atoms with E-state index in [1.165, 1.54) is 0 Å². The van der Waals surface area contributed by atoms with Crippen LogP contribution in [0, 0.1) is 0 Å². The van der Waals surface area contributed by atoms with Crippen LogP contribution in [0.25, 0.3) is 0 Å². The molecule has 1 rings (SSSR count). The maximum atomic E-state index is 4.75. The molecule has 0 saturated carbocycles. The van der Waals surface area contributed by atoms with Gasteiger partial charge in [0, 0.05) is 7.05 Å². The van der Waals surface area contributed by atoms with Gasteiger partial charge in [-0.25, -0.2) is 0 Å². The van der Waals surface area contributed by atoms with E-state index >= 15 is 0 Å². The quantitative estimate of drug-likeness (QED) is 0.381. The molecule has 0 amide bonds. The van der Waals surface area contributed by atoms with Gasteiger partial charge in [-0.15, -0.1) is 0 Å². The summed E-state index contributed by atoms with van der Waals surface area (Å²) >= 11 is 0. The number of hydroxylamine groups is 2. The van der Waals surface area contributed by atoms with Gasteiger partial charge >= 0.3 is 0 Å². The molecule has 5 heavy (non-hydrogen) atoms. The molecular weight excluding hydrogens is 66.0 g/mol. The van der Waals surface area contributed by atoms with Gasteiger partial charge < -0.3 is 0 Å². The molecule has 1 aliphatic heterocycles. The van der Waals surface area contributed by atoms with Gasteiger partial charge in [-0.05, 0) is 6.92 Å². The van der Waals surface area contributed by atoms with Crippen LogP contribution in [0.15, 0.2) is 0 Å². The van der Waals surface area contributed by atoms with Crippen molar-refractivity contribution in [3.63, 3.8) is 0 Å². The lowest BCUT2D eigenvalue weighted by Gasteiger charge is -1.65. The second-order valence-corrected chi connectivity index (χ2v) is 1.25. The van der Waals surface area contributed by atoms with E-state index in [-0.39, 0.29) is 0 Å². The second-order valence-electron chi connectivity index (χ2n) is 1.25. The van der Waals surface area contributed by atoms with Gasteiger partial charge in [-0.3, -0.25) is 4.84 Å². The van der Waals surface area contributed by atoms with Crippen molar-refractivity contribution < 1.29 is 4.84 Å². The van der Waals surface area contributed by atoms with Crippen LogP contribution in [0.5, 0.6) is 0 Å². The first-order chi connectivity index (χ1) is 2.30. The van der Waals surface area contributed by atoms with Crippen molar-refractivity contribution in [1.82, 2.24) is 5.06 Å². The van der Waals surface area contributed by atoms with E-state index in [2.05, 4.69) is 0 Å². The van der Waals surface area contributed by atoms with Crippen LogP contribution in [-0.2, 0) is 4.84 Å². The summed E-state index contributed by atoms with van der Waals surface area (Å²) in [7, 11) is 1.91. The Morgan fingerprint density at radius 1 is 1.80 bits per heavy atom. The van der Waals surface area contributed by atoms with Crippen LogP contribution < -0.4 is 0 Å². The van der Waals surface area contributed by atoms with Crippen LogP contribution in [0.1, 0.15) is 6.92 Å². The molecule has 2 nitrogen and oxygen atoms in total. The monoisotopic (exact) mass is 73.1 g/mol. The van der Waals surface area contributed by atoms with Crippen LogP contribution in [0.4, 0.5) is 0 Å². The molecule has 1 saturated heterocycles. The summed E-state index contributed by atoms with van der Waals surface area (Å²) < 4.78 is 0. The van der Waals surface area contributed by atoms with E-state index in [1.807, 2.05) is 14.0 Å². The number of hydrogen-bond acceptors (Lipinski definition) is 2. The molecule has 1 heterocycles. The molecule has 30 valence electrons. The molecule has 0 aromatic heterocycles. The summed E-state index contributed by atoms with van der Waals surface area (Å²) in [6.45, 7) is 2.00. The van der Waals surface area contributed by atoms with E-state index in [0.717, 1.165) is 0 Å². The van der Waals surface area contributed by atoms with Crippen LogP contribution >= 0.6 is 0 Å². The molecule has 1 aliphatic rings. The Labute approximate surface area is 31.3 Å². The van der Waals surface area contributed by atoms with E-state index in [9.17, 15) is 0 Å². The fourth-order valence-corrected chi connectivity index (χ4v) is 0.213. The molecule has 0 bridgehead atoms. The van der Waals surface area contributed by atoms with Gasteiger partial charge in [-0.2, -0.15) is 5.06 Å². The zero-order valence-corrected chi connectivity index (χ0v) is 3.43. The SMILES string of the molecule is C[C@H]1ON1C. The number of hydrogen-bond donors (Lipinski definition) is 0. The smallest absolute Gasteiger partial charge is 0.151 e. The molecular formula is C3H7NO. The van der Waals surface area contributed by atoms with E-state index in [1.54, 1.807) is 5.06 Å². The summed E-state index contributed by atoms with van der Waals surface area (Å²) in [4.78, 5) is 4.75. The summed E-state index contributed by atoms with van der Waals surface area (Å²) in [6.07, 6.45) is 0.384. The van der Waals surface area contributed by atoms with Crippen molar-refractivity contribution in [3.8, 4) is 0 Å². The minimum absolute atomic E-state index is 0.384. The summed E-state index contributed by atoms with van der Waals surface area (Å²) in [6, 6.07) is 0. The Morgan fingerprint density at radius 3 is 2.00 bits per heavy atom. The van der Waals surface area contributed by atoms with Crippen molar-refractivity contribution in [3.05, 3.63) is 0 Å². The second kappa shape index (κ2) is 0.698. The highest BCUT2D eigenvalue weighted by molar-refractivity contribution is 4.48. The first kappa shape index (κ1) is 3.12. The Hall–Kier alpha value is -0.0800. The third kappa shape index (κ3) is 0.412. The molecule has 0 radical (unpaired) electrons. The molecule has 0 aromatic rings. The fraction of sp³-hybridized carbons (Fsp3) is 1.00. The maximum Gasteiger partial charge on any atom is 0.151 e. The Kier molecular flexibility index (Phi) is 0.436. The summed E-state index contributed by atoms with van der Waals surface area (Å²) in [5.74, 6) is 0. The Morgan fingerprint density at radius 2 is 2.00 bits per heavy atom. The predicted octanol–water partition coefficient (Wildman–Crippen LogP) is 0.209. The minimum Gasteiger partial charge on any atom is -0.276 e. The van der Waals surface area contributed by atoms with Gasteiger partial charge in [0.15, 0.2) is 6.23 Å². The highest BCUT2D eigenvalue weighted by Gasteiger charge is 2.24. The Bertz CT molecular complexity index is 40.2. The highest BCUT2D eigenvalue weighted by Crippen LogP contribution is 2.12. The highest BCUT2D eigenvalue weighted by atomic mass is 16.8. The summed E-state index contributed by atoms with van der Waals surface area (Å²) in [5.41, 5.74) is 0. The molecule has 0 aliphatic carbocycles. The average molecular weight is 73.1 g/mol. The van der Waals surface area contributed by atoms with E-state index in [4.69, 9.17) is 4.84 Å². The maximum absolute atomic E-state index is 4.75. The lowest BCUT2D eigenvalue weighted by Crippen LogP contribution is -1.83. The van der Waals surface area contributed by atoms with Crippen molar-refractivity contribution in [2.45, 2.75) is 13.2 Å². The lowest BCUT2D eigenvalue weighted by atomic mass is 10.7. The van der Waals surface area contributed by atoms with Crippen molar-refractivity contribution in [2.24, 2.45) is 0 Å². The molecule has 0 spiro atoms. The fourth-order valence-electron chi connectivity index (χ4n) is 0.213. The zero-order valence-electron chi connectivity index (χ0n) is 3.43. The van der Waals surface area contributed by atoms with Crippen molar-refractivity contribution >= 4 is 0 Å². The number of nitrogens with zero attached hydrogens (tertiary/aromatic N) is 1.